The van der Waals surface area contributed by atoms with E-state index in [0.29, 0.717) is 33.8 Å². The summed E-state index contributed by atoms with van der Waals surface area (Å²) < 4.78 is 31.7. The molecule has 0 aliphatic carbocycles. The van der Waals surface area contributed by atoms with Gasteiger partial charge in [-0.25, -0.2) is 9.78 Å². The van der Waals surface area contributed by atoms with Crippen LogP contribution in [0.3, 0.4) is 0 Å². The van der Waals surface area contributed by atoms with E-state index >= 15 is 0 Å². The van der Waals surface area contributed by atoms with Gasteiger partial charge in [0.15, 0.2) is 11.8 Å². The molecule has 2 heterocycles. The SMILES string of the molecule is N#Cc1c(-c2cccc(CNC(=N)N)c2)cc(-c2ccccc2O)nc1NC(=O)c1cccs1.O=C(O)C(F)(F)F. The number of nitrogens with zero attached hydrogens (tertiary/aromatic N) is 2. The number of rotatable bonds is 6. The number of benzene rings is 2. The molecule has 10 nitrogen and oxygen atoms in total. The standard InChI is InChI=1S/C25H20N6O2S.C2HF3O2/c26-13-19-18(16-6-3-5-15(11-16)14-29-25(27)28)12-20(17-7-1-2-8-21(17)32)30-23(19)31-24(33)22-9-4-10-34-22;3-2(4,5)1(6)7/h1-12,32H,14H2,(H4,27,28,29)(H,30,31,33);(H,6,7). The van der Waals surface area contributed by atoms with Gasteiger partial charge in [0.2, 0.25) is 0 Å². The number of guanidine groups is 1. The van der Waals surface area contributed by atoms with Crippen LogP contribution in [0.2, 0.25) is 0 Å². The van der Waals surface area contributed by atoms with E-state index in [1.54, 1.807) is 47.8 Å². The molecule has 7 N–H and O–H groups in total. The van der Waals surface area contributed by atoms with Crippen molar-refractivity contribution in [1.29, 1.82) is 10.7 Å². The van der Waals surface area contributed by atoms with Gasteiger partial charge < -0.3 is 26.6 Å². The number of carbonyl (C=O) groups excluding carboxylic acids is 1. The molecule has 4 rings (SSSR count). The molecule has 1 amide bonds. The molecule has 0 bridgehead atoms. The summed E-state index contributed by atoms with van der Waals surface area (Å²) in [4.78, 5) is 26.7. The van der Waals surface area contributed by atoms with Crippen molar-refractivity contribution in [2.24, 2.45) is 5.73 Å². The summed E-state index contributed by atoms with van der Waals surface area (Å²) in [5.41, 5.74) is 8.57. The molecular formula is C27H21F3N6O4S. The molecule has 0 radical (unpaired) electrons. The largest absolute Gasteiger partial charge is 0.507 e. The lowest BCUT2D eigenvalue weighted by molar-refractivity contribution is -0.192. The summed E-state index contributed by atoms with van der Waals surface area (Å²) in [6, 6.07) is 21.5. The predicted molar refractivity (Wildman–Crippen MR) is 146 cm³/mol. The first-order chi connectivity index (χ1) is 19.4. The van der Waals surface area contributed by atoms with Gasteiger partial charge in [-0.1, -0.05) is 36.4 Å². The molecule has 0 saturated carbocycles. The Morgan fingerprint density at radius 2 is 1.78 bits per heavy atom. The Balaban J connectivity index is 0.000000587. The molecule has 2 aromatic carbocycles. The normalized spacial score (nSPS) is 10.5. The number of amides is 1. The van der Waals surface area contributed by atoms with Gasteiger partial charge in [-0.2, -0.15) is 18.4 Å². The Morgan fingerprint density at radius 3 is 2.37 bits per heavy atom. The molecule has 2 aromatic heterocycles. The molecule has 0 aliphatic heterocycles. The maximum Gasteiger partial charge on any atom is 0.490 e. The first-order valence-corrected chi connectivity index (χ1v) is 12.3. The highest BCUT2D eigenvalue weighted by Gasteiger charge is 2.38. The molecule has 0 atom stereocenters. The van der Waals surface area contributed by atoms with Gasteiger partial charge in [0.05, 0.1) is 10.6 Å². The van der Waals surface area contributed by atoms with Gasteiger partial charge in [0.25, 0.3) is 5.91 Å². The first kappa shape index (κ1) is 30.1. The highest BCUT2D eigenvalue weighted by molar-refractivity contribution is 7.12. The van der Waals surface area contributed by atoms with E-state index in [9.17, 15) is 28.3 Å². The second kappa shape index (κ2) is 13.1. The number of para-hydroxylation sites is 1. The van der Waals surface area contributed by atoms with Crippen LogP contribution in [-0.4, -0.2) is 39.2 Å². The lowest BCUT2D eigenvalue weighted by atomic mass is 9.96. The second-order valence-electron chi connectivity index (χ2n) is 8.11. The number of nitriles is 1. The Kier molecular flexibility index (Phi) is 9.62. The van der Waals surface area contributed by atoms with Crippen molar-refractivity contribution >= 4 is 35.0 Å². The van der Waals surface area contributed by atoms with Crippen LogP contribution in [0.25, 0.3) is 22.4 Å². The van der Waals surface area contributed by atoms with Gasteiger partial charge in [-0.15, -0.1) is 11.3 Å². The van der Waals surface area contributed by atoms with E-state index in [1.807, 2.05) is 24.3 Å². The van der Waals surface area contributed by atoms with Crippen LogP contribution in [0, 0.1) is 16.7 Å². The van der Waals surface area contributed by atoms with Gasteiger partial charge >= 0.3 is 12.1 Å². The minimum atomic E-state index is -5.08. The Morgan fingerprint density at radius 1 is 1.07 bits per heavy atom. The molecule has 0 unspecified atom stereocenters. The monoisotopic (exact) mass is 582 g/mol. The van der Waals surface area contributed by atoms with Crippen molar-refractivity contribution in [3.8, 4) is 34.2 Å². The number of carboxylic acids is 1. The summed E-state index contributed by atoms with van der Waals surface area (Å²) in [7, 11) is 0. The van der Waals surface area contributed by atoms with Crippen LogP contribution in [-0.2, 0) is 11.3 Å². The van der Waals surface area contributed by atoms with Gasteiger partial charge in [0.1, 0.15) is 17.4 Å². The molecule has 0 spiro atoms. The zero-order valence-corrected chi connectivity index (χ0v) is 21.7. The van der Waals surface area contributed by atoms with Gasteiger partial charge in [-0.05, 0) is 46.8 Å². The number of nitrogens with one attached hydrogen (secondary N) is 3. The molecule has 0 saturated heterocycles. The molecule has 14 heteroatoms. The number of halogens is 3. The number of aromatic hydroxyl groups is 1. The number of hydrogen-bond donors (Lipinski definition) is 6. The lowest BCUT2D eigenvalue weighted by Crippen LogP contribution is -2.29. The summed E-state index contributed by atoms with van der Waals surface area (Å²) >= 11 is 1.28. The summed E-state index contributed by atoms with van der Waals surface area (Å²) in [5, 5.41) is 42.2. The van der Waals surface area contributed by atoms with Crippen molar-refractivity contribution in [1.82, 2.24) is 10.3 Å². The number of pyridine rings is 1. The number of nitrogens with two attached hydrogens (primary N) is 1. The van der Waals surface area contributed by atoms with Crippen LogP contribution in [0.5, 0.6) is 5.75 Å². The fraction of sp³-hybridized carbons (Fsp3) is 0.0741. The number of thiophene rings is 1. The van der Waals surface area contributed by atoms with Crippen LogP contribution < -0.4 is 16.4 Å². The van der Waals surface area contributed by atoms with Crippen molar-refractivity contribution in [3.63, 3.8) is 0 Å². The third-order valence-electron chi connectivity index (χ3n) is 5.25. The van der Waals surface area contributed by atoms with E-state index in [2.05, 4.69) is 21.7 Å². The average Bonchev–Trinajstić information content (AvgIpc) is 3.47. The number of phenolic OH excluding ortho intramolecular Hbond substituents is 1. The van der Waals surface area contributed by atoms with E-state index in [1.165, 1.54) is 11.3 Å². The number of aliphatic carboxylic acids is 1. The number of anilines is 1. The van der Waals surface area contributed by atoms with Crippen LogP contribution in [0.4, 0.5) is 19.0 Å². The van der Waals surface area contributed by atoms with Crippen LogP contribution in [0.15, 0.2) is 72.1 Å². The number of alkyl halides is 3. The maximum absolute atomic E-state index is 12.8. The lowest BCUT2D eigenvalue weighted by Gasteiger charge is -2.15. The number of carboxylic acid groups (broad SMARTS) is 1. The van der Waals surface area contributed by atoms with Gasteiger partial charge in [0, 0.05) is 17.7 Å². The molecular weight excluding hydrogens is 561 g/mol. The predicted octanol–water partition coefficient (Wildman–Crippen LogP) is 4.92. The maximum atomic E-state index is 12.8. The number of hydrogen-bond acceptors (Lipinski definition) is 7. The van der Waals surface area contributed by atoms with Crippen molar-refractivity contribution < 1.29 is 33.0 Å². The minimum absolute atomic E-state index is 0.0283. The second-order valence-corrected chi connectivity index (χ2v) is 9.06. The number of phenols is 1. The Bertz CT molecular complexity index is 1620. The van der Waals surface area contributed by atoms with Gasteiger partial charge in [-0.3, -0.25) is 10.2 Å². The van der Waals surface area contributed by atoms with Crippen molar-refractivity contribution in [3.05, 3.63) is 88.1 Å². The third kappa shape index (κ3) is 8.04. The van der Waals surface area contributed by atoms with E-state index in [-0.39, 0.29) is 29.0 Å². The van der Waals surface area contributed by atoms with Crippen LogP contribution in [0.1, 0.15) is 20.8 Å². The zero-order valence-electron chi connectivity index (χ0n) is 20.9. The Labute approximate surface area is 235 Å². The number of carbonyl (C=O) groups is 2. The molecule has 210 valence electrons. The smallest absolute Gasteiger partial charge is 0.490 e. The van der Waals surface area contributed by atoms with E-state index < -0.39 is 12.1 Å². The quantitative estimate of drug-likeness (QED) is 0.137. The summed E-state index contributed by atoms with van der Waals surface area (Å²) in [5.74, 6) is -3.15. The first-order valence-electron chi connectivity index (χ1n) is 11.5. The minimum Gasteiger partial charge on any atom is -0.507 e. The van der Waals surface area contributed by atoms with Crippen molar-refractivity contribution in [2.45, 2.75) is 12.7 Å². The van der Waals surface area contributed by atoms with E-state index in [0.717, 1.165) is 5.56 Å². The average molecular weight is 583 g/mol. The third-order valence-corrected chi connectivity index (χ3v) is 6.12. The van der Waals surface area contributed by atoms with E-state index in [4.69, 9.17) is 21.0 Å². The van der Waals surface area contributed by atoms with Crippen LogP contribution >= 0.6 is 11.3 Å². The topological polar surface area (TPSA) is 185 Å². The highest BCUT2D eigenvalue weighted by Crippen LogP contribution is 2.35. The summed E-state index contributed by atoms with van der Waals surface area (Å²) in [6.07, 6.45) is -5.08. The number of aromatic nitrogens is 1. The zero-order chi connectivity index (χ0) is 30.2. The van der Waals surface area contributed by atoms with Crippen molar-refractivity contribution in [2.75, 3.05) is 5.32 Å². The molecule has 0 aliphatic rings. The highest BCUT2D eigenvalue weighted by atomic mass is 32.1. The fourth-order valence-corrected chi connectivity index (χ4v) is 4.05. The fourth-order valence-electron chi connectivity index (χ4n) is 3.43. The molecule has 4 aromatic rings. The molecule has 0 fully saturated rings. The Hall–Kier alpha value is -5.42. The summed E-state index contributed by atoms with van der Waals surface area (Å²) in [6.45, 7) is 0.338. The molecule has 41 heavy (non-hydrogen) atoms.